The number of rotatable bonds is 16. The molecule has 0 fully saturated rings. The normalized spacial score (nSPS) is 14.5. The Kier molecular flexibility index (Phi) is 10.7. The highest BCUT2D eigenvalue weighted by Crippen LogP contribution is 2.28. The number of likely N-dealkylation sites (N-methyl/N-ethyl adjacent to an activating group) is 2. The van der Waals surface area contributed by atoms with Gasteiger partial charge in [0.15, 0.2) is 11.6 Å². The Morgan fingerprint density at radius 2 is 1.06 bits per heavy atom. The Morgan fingerprint density at radius 3 is 1.34 bits per heavy atom. The maximum absolute atomic E-state index is 13.3. The summed E-state index contributed by atoms with van der Waals surface area (Å²) in [4.78, 5) is 26.6. The van der Waals surface area contributed by atoms with Gasteiger partial charge in [-0.1, -0.05) is 31.4 Å². The van der Waals surface area contributed by atoms with Gasteiger partial charge < -0.3 is 10.6 Å². The molecule has 2 atom stereocenters. The van der Waals surface area contributed by atoms with Crippen LogP contribution in [0.25, 0.3) is 0 Å². The third kappa shape index (κ3) is 7.03. The van der Waals surface area contributed by atoms with Gasteiger partial charge in [0.2, 0.25) is 0 Å². The van der Waals surface area contributed by atoms with Gasteiger partial charge in [0.25, 0.3) is 0 Å². The molecule has 0 aromatic heterocycles. The molecule has 2 rings (SSSR count). The number of nitrogens with one attached hydrogen (secondary N) is 2. The Morgan fingerprint density at radius 1 is 0.714 bits per heavy atom. The molecule has 0 amide bonds. The second kappa shape index (κ2) is 13.2. The van der Waals surface area contributed by atoms with Crippen molar-refractivity contribution in [1.82, 2.24) is 10.6 Å². The zero-order valence-electron chi connectivity index (χ0n) is 20.7. The van der Waals surface area contributed by atoms with Gasteiger partial charge in [-0.15, -0.1) is 13.2 Å². The van der Waals surface area contributed by atoms with Crippen LogP contribution in [0.3, 0.4) is 0 Å². The van der Waals surface area contributed by atoms with E-state index < -0.39 is 11.1 Å². The van der Waals surface area contributed by atoms with E-state index in [-0.39, 0.29) is 23.2 Å². The Bertz CT molecular complexity index is 923. The monoisotopic (exact) mass is 482 g/mol. The number of hydrogen-bond donors (Lipinski definition) is 2. The van der Waals surface area contributed by atoms with Crippen molar-refractivity contribution in [3.63, 3.8) is 0 Å². The molecular weight excluding hydrogens is 446 g/mol. The largest absolute Gasteiger partial charge is 0.307 e. The number of carbonyl (C=O) groups excluding carboxylic acids is 2. The molecule has 188 valence electrons. The highest BCUT2D eigenvalue weighted by molar-refractivity contribution is 6.04. The van der Waals surface area contributed by atoms with E-state index in [1.165, 1.54) is 48.5 Å². The quantitative estimate of drug-likeness (QED) is 0.174. The van der Waals surface area contributed by atoms with Gasteiger partial charge in [0, 0.05) is 11.1 Å². The molecule has 2 aromatic carbocycles. The molecule has 4 nitrogen and oxygen atoms in total. The summed E-state index contributed by atoms with van der Waals surface area (Å²) in [5.74, 6) is -0.962. The minimum Gasteiger partial charge on any atom is -0.307 e. The first kappa shape index (κ1) is 28.3. The lowest BCUT2D eigenvalue weighted by Crippen LogP contribution is -2.50. The Hall–Kier alpha value is -2.96. The Balaban J connectivity index is 2.07. The number of Topliss-reactive ketones (excluding diaryl/α,β-unsaturated/α-hetero) is 2. The van der Waals surface area contributed by atoms with Crippen LogP contribution in [0.15, 0.2) is 73.8 Å². The van der Waals surface area contributed by atoms with Crippen molar-refractivity contribution in [2.45, 2.75) is 56.0 Å². The number of halogens is 2. The van der Waals surface area contributed by atoms with Crippen LogP contribution >= 0.6 is 0 Å². The summed E-state index contributed by atoms with van der Waals surface area (Å²) in [5, 5.41) is 6.37. The maximum atomic E-state index is 13.3. The highest BCUT2D eigenvalue weighted by atomic mass is 19.1. The molecule has 0 bridgehead atoms. The summed E-state index contributed by atoms with van der Waals surface area (Å²) in [7, 11) is 3.50. The van der Waals surface area contributed by atoms with Crippen molar-refractivity contribution in [3.8, 4) is 0 Å². The van der Waals surface area contributed by atoms with E-state index in [1.807, 2.05) is 0 Å². The predicted molar refractivity (Wildman–Crippen MR) is 138 cm³/mol. The van der Waals surface area contributed by atoms with Gasteiger partial charge in [-0.3, -0.25) is 9.59 Å². The third-order valence-electron chi connectivity index (χ3n) is 6.73. The van der Waals surface area contributed by atoms with Crippen LogP contribution in [0.2, 0.25) is 0 Å². The van der Waals surface area contributed by atoms with Crippen molar-refractivity contribution in [3.05, 3.63) is 96.6 Å². The minimum atomic E-state index is -0.829. The first-order valence-electron chi connectivity index (χ1n) is 12.0. The van der Waals surface area contributed by atoms with Crippen LogP contribution in [0.4, 0.5) is 8.78 Å². The second-order valence-electron chi connectivity index (χ2n) is 8.88. The van der Waals surface area contributed by atoms with E-state index in [4.69, 9.17) is 0 Å². The summed E-state index contributed by atoms with van der Waals surface area (Å²) >= 11 is 0. The van der Waals surface area contributed by atoms with Crippen LogP contribution in [-0.2, 0) is 0 Å². The smallest absolute Gasteiger partial charge is 0.183 e. The van der Waals surface area contributed by atoms with Crippen LogP contribution in [-0.4, -0.2) is 36.7 Å². The van der Waals surface area contributed by atoms with E-state index in [9.17, 15) is 18.4 Å². The molecule has 0 aliphatic heterocycles. The fourth-order valence-electron chi connectivity index (χ4n) is 4.58. The molecule has 6 heteroatoms. The molecule has 0 saturated carbocycles. The molecule has 0 radical (unpaired) electrons. The fraction of sp³-hybridized carbons (Fsp3) is 0.379. The zero-order chi connectivity index (χ0) is 25.9. The summed E-state index contributed by atoms with van der Waals surface area (Å²) in [6, 6.07) is 11.2. The Labute approximate surface area is 207 Å². The first-order chi connectivity index (χ1) is 16.8. The van der Waals surface area contributed by atoms with E-state index in [2.05, 4.69) is 23.8 Å². The molecule has 35 heavy (non-hydrogen) atoms. The van der Waals surface area contributed by atoms with Crippen LogP contribution in [0.5, 0.6) is 0 Å². The van der Waals surface area contributed by atoms with Crippen molar-refractivity contribution in [2.75, 3.05) is 14.1 Å². The summed E-state index contributed by atoms with van der Waals surface area (Å²) in [6.07, 6.45) is 7.77. The summed E-state index contributed by atoms with van der Waals surface area (Å²) < 4.78 is 26.7. The van der Waals surface area contributed by atoms with Gasteiger partial charge in [0.05, 0.1) is 11.1 Å². The minimum absolute atomic E-state index is 0.0948. The van der Waals surface area contributed by atoms with Gasteiger partial charge in [-0.2, -0.15) is 0 Å². The van der Waals surface area contributed by atoms with E-state index in [0.717, 1.165) is 19.3 Å². The number of benzene rings is 2. The highest BCUT2D eigenvalue weighted by Gasteiger charge is 2.37. The average molecular weight is 483 g/mol. The van der Waals surface area contributed by atoms with E-state index in [0.29, 0.717) is 36.8 Å². The number of ketones is 2. The topological polar surface area (TPSA) is 58.2 Å². The van der Waals surface area contributed by atoms with Crippen molar-refractivity contribution in [2.24, 2.45) is 0 Å². The lowest BCUT2D eigenvalue weighted by Gasteiger charge is -2.33. The third-order valence-corrected chi connectivity index (χ3v) is 6.73. The SMILES string of the molecule is C=CCC(CCCCCC(CC=C)(NC)C(=O)c1ccc(F)cc1)(NC)C(=O)c1ccc(F)cc1. The van der Waals surface area contributed by atoms with Crippen molar-refractivity contribution in [1.29, 1.82) is 0 Å². The molecular formula is C29H36F2N2O2. The van der Waals surface area contributed by atoms with Crippen LogP contribution < -0.4 is 10.6 Å². The molecule has 0 aliphatic carbocycles. The number of hydrogen-bond acceptors (Lipinski definition) is 4. The fourth-order valence-corrected chi connectivity index (χ4v) is 4.58. The lowest BCUT2D eigenvalue weighted by atomic mass is 9.79. The maximum Gasteiger partial charge on any atom is 0.183 e. The van der Waals surface area contributed by atoms with E-state index in [1.54, 1.807) is 26.2 Å². The van der Waals surface area contributed by atoms with Crippen molar-refractivity contribution >= 4 is 11.6 Å². The molecule has 0 aliphatic rings. The molecule has 2 unspecified atom stereocenters. The molecule has 0 heterocycles. The van der Waals surface area contributed by atoms with Crippen LogP contribution in [0, 0.1) is 11.6 Å². The molecule has 0 saturated heterocycles. The average Bonchev–Trinajstić information content (AvgIpc) is 2.87. The van der Waals surface area contributed by atoms with Crippen LogP contribution in [0.1, 0.15) is 65.7 Å². The standard InChI is InChI=1S/C29H36F2N2O2/c1-5-18-28(32-3,26(34)22-10-14-24(30)15-11-22)20-8-7-9-21-29(33-4,19-6-2)27(35)23-12-16-25(31)17-13-23/h5-6,10-17,32-33H,1-2,7-9,18-21H2,3-4H3. The summed E-state index contributed by atoms with van der Waals surface area (Å²) in [5.41, 5.74) is -0.754. The molecule has 0 spiro atoms. The van der Waals surface area contributed by atoms with Gasteiger partial charge in [-0.25, -0.2) is 8.78 Å². The van der Waals surface area contributed by atoms with Gasteiger partial charge >= 0.3 is 0 Å². The summed E-state index contributed by atoms with van der Waals surface area (Å²) in [6.45, 7) is 7.63. The first-order valence-corrected chi connectivity index (χ1v) is 12.0. The second-order valence-corrected chi connectivity index (χ2v) is 8.88. The van der Waals surface area contributed by atoms with Gasteiger partial charge in [-0.05, 0) is 88.3 Å². The van der Waals surface area contributed by atoms with Crippen molar-refractivity contribution < 1.29 is 18.4 Å². The van der Waals surface area contributed by atoms with Gasteiger partial charge in [0.1, 0.15) is 11.6 Å². The predicted octanol–water partition coefficient (Wildman–Crippen LogP) is 6.05. The number of carbonyl (C=O) groups is 2. The zero-order valence-corrected chi connectivity index (χ0v) is 20.7. The van der Waals surface area contributed by atoms with E-state index >= 15 is 0 Å². The lowest BCUT2D eigenvalue weighted by molar-refractivity contribution is 0.0842. The molecule has 2 N–H and O–H groups in total. The number of unbranched alkanes of at least 4 members (excludes halogenated alkanes) is 2. The molecule has 2 aromatic rings.